The van der Waals surface area contributed by atoms with Gasteiger partial charge in [-0.1, -0.05) is 48.9 Å². The molecule has 1 heterocycles. The van der Waals surface area contributed by atoms with Gasteiger partial charge in [-0.3, -0.25) is 9.59 Å². The van der Waals surface area contributed by atoms with E-state index in [1.165, 1.54) is 12.0 Å². The molecule has 1 unspecified atom stereocenters. The van der Waals surface area contributed by atoms with E-state index in [9.17, 15) is 14.7 Å². The number of hydrogen-bond donors (Lipinski definition) is 1. The number of amides is 1. The van der Waals surface area contributed by atoms with Crippen molar-refractivity contribution in [1.82, 2.24) is 4.90 Å². The van der Waals surface area contributed by atoms with Gasteiger partial charge in [0.2, 0.25) is 0 Å². The number of benzene rings is 2. The van der Waals surface area contributed by atoms with Crippen molar-refractivity contribution in [3.63, 3.8) is 0 Å². The molecule has 0 saturated carbocycles. The Morgan fingerprint density at radius 3 is 2.50 bits per heavy atom. The highest BCUT2D eigenvalue weighted by Crippen LogP contribution is 2.40. The van der Waals surface area contributed by atoms with Gasteiger partial charge in [0, 0.05) is 19.2 Å². The van der Waals surface area contributed by atoms with Crippen LogP contribution in [0.1, 0.15) is 36.1 Å². The summed E-state index contributed by atoms with van der Waals surface area (Å²) in [4.78, 5) is 27.2. The Hall–Kier alpha value is -3.12. The molecule has 6 heteroatoms. The van der Waals surface area contributed by atoms with Gasteiger partial charge in [0.25, 0.3) is 11.7 Å². The molecule has 1 fully saturated rings. The van der Waals surface area contributed by atoms with E-state index in [0.717, 1.165) is 12.0 Å². The van der Waals surface area contributed by atoms with Crippen LogP contribution in [0.2, 0.25) is 0 Å². The smallest absolute Gasteiger partial charge is 0.295 e. The molecule has 0 spiro atoms. The van der Waals surface area contributed by atoms with E-state index in [2.05, 4.69) is 0 Å². The topological polar surface area (TPSA) is 76.1 Å². The van der Waals surface area contributed by atoms with Crippen LogP contribution >= 0.6 is 0 Å². The minimum Gasteiger partial charge on any atom is -0.507 e. The fraction of sp³-hybridized carbons (Fsp3) is 0.333. The number of ketones is 1. The highest BCUT2D eigenvalue weighted by molar-refractivity contribution is 6.46. The SMILES string of the molecule is CCCOc1cccc(C2/C(=C(\O)c3ccc(C)cc3)C(=O)C(=O)N2CCOC)c1. The Balaban J connectivity index is 2.11. The molecular weight excluding hydrogens is 382 g/mol. The van der Waals surface area contributed by atoms with Gasteiger partial charge in [-0.15, -0.1) is 0 Å². The molecule has 158 valence electrons. The van der Waals surface area contributed by atoms with Gasteiger partial charge in [-0.05, 0) is 31.0 Å². The van der Waals surface area contributed by atoms with Crippen LogP contribution in [0.4, 0.5) is 0 Å². The monoisotopic (exact) mass is 409 g/mol. The number of methoxy groups -OCH3 is 1. The van der Waals surface area contributed by atoms with Gasteiger partial charge >= 0.3 is 0 Å². The molecule has 2 aromatic carbocycles. The average Bonchev–Trinajstić information content (AvgIpc) is 3.01. The molecule has 0 aliphatic carbocycles. The van der Waals surface area contributed by atoms with E-state index >= 15 is 0 Å². The second kappa shape index (κ2) is 9.59. The van der Waals surface area contributed by atoms with Gasteiger partial charge in [0.1, 0.15) is 11.5 Å². The summed E-state index contributed by atoms with van der Waals surface area (Å²) in [6.07, 6.45) is 0.865. The lowest BCUT2D eigenvalue weighted by molar-refractivity contribution is -0.140. The lowest BCUT2D eigenvalue weighted by Crippen LogP contribution is -2.32. The van der Waals surface area contributed by atoms with Crippen LogP contribution in [0.15, 0.2) is 54.1 Å². The van der Waals surface area contributed by atoms with Crippen LogP contribution in [0, 0.1) is 6.92 Å². The number of aliphatic hydroxyl groups excluding tert-OH is 1. The van der Waals surface area contributed by atoms with Crippen molar-refractivity contribution < 1.29 is 24.2 Å². The molecule has 1 N–H and O–H groups in total. The highest BCUT2D eigenvalue weighted by atomic mass is 16.5. The number of carbonyl (C=O) groups excluding carboxylic acids is 2. The zero-order valence-corrected chi connectivity index (χ0v) is 17.6. The molecule has 0 radical (unpaired) electrons. The number of likely N-dealkylation sites (tertiary alicyclic amines) is 1. The summed E-state index contributed by atoms with van der Waals surface area (Å²) in [5, 5.41) is 11.0. The number of nitrogens with zero attached hydrogens (tertiary/aromatic N) is 1. The Kier molecular flexibility index (Phi) is 6.90. The molecule has 1 aliphatic rings. The first-order valence-electron chi connectivity index (χ1n) is 10.0. The van der Waals surface area contributed by atoms with E-state index < -0.39 is 17.7 Å². The quantitative estimate of drug-likeness (QED) is 0.407. The maximum atomic E-state index is 12.9. The van der Waals surface area contributed by atoms with Crippen molar-refractivity contribution in [2.75, 3.05) is 26.9 Å². The minimum absolute atomic E-state index is 0.0765. The van der Waals surface area contributed by atoms with Gasteiger partial charge < -0.3 is 19.5 Å². The third-order valence-corrected chi connectivity index (χ3v) is 5.05. The summed E-state index contributed by atoms with van der Waals surface area (Å²) < 4.78 is 10.9. The van der Waals surface area contributed by atoms with Crippen molar-refractivity contribution >= 4 is 17.4 Å². The van der Waals surface area contributed by atoms with Crippen molar-refractivity contribution in [3.8, 4) is 5.75 Å². The molecule has 6 nitrogen and oxygen atoms in total. The molecule has 0 aromatic heterocycles. The number of aryl methyl sites for hydroxylation is 1. The van der Waals surface area contributed by atoms with Crippen LogP contribution in [0.3, 0.4) is 0 Å². The number of hydrogen-bond acceptors (Lipinski definition) is 5. The average molecular weight is 409 g/mol. The highest BCUT2D eigenvalue weighted by Gasteiger charge is 2.45. The summed E-state index contributed by atoms with van der Waals surface area (Å²) in [5.41, 5.74) is 2.30. The Labute approximate surface area is 176 Å². The van der Waals surface area contributed by atoms with Crippen molar-refractivity contribution in [3.05, 3.63) is 70.8 Å². The molecule has 1 aliphatic heterocycles. The molecule has 1 amide bonds. The van der Waals surface area contributed by atoms with Gasteiger partial charge in [-0.25, -0.2) is 0 Å². The number of aliphatic hydroxyl groups is 1. The first-order chi connectivity index (χ1) is 14.5. The van der Waals surface area contributed by atoms with Crippen molar-refractivity contribution in [2.24, 2.45) is 0 Å². The second-order valence-corrected chi connectivity index (χ2v) is 7.27. The van der Waals surface area contributed by atoms with E-state index in [0.29, 0.717) is 23.5 Å². The Bertz CT molecular complexity index is 948. The second-order valence-electron chi connectivity index (χ2n) is 7.27. The molecule has 1 atom stereocenters. The Morgan fingerprint density at radius 2 is 1.83 bits per heavy atom. The number of carbonyl (C=O) groups is 2. The first kappa shape index (κ1) is 21.6. The van der Waals surface area contributed by atoms with E-state index in [1.54, 1.807) is 12.1 Å². The minimum atomic E-state index is -0.716. The summed E-state index contributed by atoms with van der Waals surface area (Å²) in [5.74, 6) is -0.875. The summed E-state index contributed by atoms with van der Waals surface area (Å²) in [6.45, 7) is 5.04. The van der Waals surface area contributed by atoms with E-state index in [-0.39, 0.29) is 24.5 Å². The zero-order chi connectivity index (χ0) is 21.7. The fourth-order valence-corrected chi connectivity index (χ4v) is 3.51. The van der Waals surface area contributed by atoms with Crippen LogP contribution in [-0.4, -0.2) is 48.6 Å². The predicted molar refractivity (Wildman–Crippen MR) is 114 cm³/mol. The summed E-state index contributed by atoms with van der Waals surface area (Å²) in [6, 6.07) is 13.8. The molecule has 3 rings (SSSR count). The lowest BCUT2D eigenvalue weighted by Gasteiger charge is -2.25. The van der Waals surface area contributed by atoms with Crippen LogP contribution in [0.25, 0.3) is 5.76 Å². The van der Waals surface area contributed by atoms with Gasteiger partial charge in [0.15, 0.2) is 0 Å². The Morgan fingerprint density at radius 1 is 1.10 bits per heavy atom. The van der Waals surface area contributed by atoms with Crippen molar-refractivity contribution in [1.29, 1.82) is 0 Å². The molecule has 2 aromatic rings. The lowest BCUT2D eigenvalue weighted by atomic mass is 9.95. The molecule has 0 bridgehead atoms. The first-order valence-corrected chi connectivity index (χ1v) is 10.0. The summed E-state index contributed by atoms with van der Waals surface area (Å²) >= 11 is 0. The normalized spacial score (nSPS) is 18.1. The maximum absolute atomic E-state index is 12.9. The predicted octanol–water partition coefficient (Wildman–Crippen LogP) is 3.85. The standard InChI is InChI=1S/C24H27NO5/c1-4-13-30-19-7-5-6-18(15-19)21-20(22(26)17-10-8-16(2)9-11-17)23(27)24(28)25(21)12-14-29-3/h5-11,15,21,26H,4,12-14H2,1-3H3/b22-20+. The molecule has 30 heavy (non-hydrogen) atoms. The van der Waals surface area contributed by atoms with Gasteiger partial charge in [0.05, 0.1) is 24.8 Å². The number of Topliss-reactive ketones (excluding diaryl/α,β-unsaturated/α-hetero) is 1. The van der Waals surface area contributed by atoms with Crippen LogP contribution in [-0.2, 0) is 14.3 Å². The van der Waals surface area contributed by atoms with E-state index in [4.69, 9.17) is 9.47 Å². The van der Waals surface area contributed by atoms with Gasteiger partial charge in [-0.2, -0.15) is 0 Å². The van der Waals surface area contributed by atoms with Crippen molar-refractivity contribution in [2.45, 2.75) is 26.3 Å². The molecule has 1 saturated heterocycles. The van der Waals surface area contributed by atoms with E-state index in [1.807, 2.05) is 50.2 Å². The van der Waals surface area contributed by atoms with Crippen LogP contribution in [0.5, 0.6) is 5.75 Å². The largest absolute Gasteiger partial charge is 0.507 e. The fourth-order valence-electron chi connectivity index (χ4n) is 3.51. The third kappa shape index (κ3) is 4.39. The number of ether oxygens (including phenoxy) is 2. The molecular formula is C24H27NO5. The maximum Gasteiger partial charge on any atom is 0.295 e. The summed E-state index contributed by atoms with van der Waals surface area (Å²) in [7, 11) is 1.54. The zero-order valence-electron chi connectivity index (χ0n) is 17.6. The number of rotatable bonds is 8. The third-order valence-electron chi connectivity index (χ3n) is 5.05. The van der Waals surface area contributed by atoms with Crippen LogP contribution < -0.4 is 4.74 Å².